The molecule has 16 heavy (non-hydrogen) atoms. The molecule has 0 aliphatic carbocycles. The van der Waals surface area contributed by atoms with Gasteiger partial charge in [-0.3, -0.25) is 0 Å². The summed E-state index contributed by atoms with van der Waals surface area (Å²) in [6.45, 7) is 0. The fourth-order valence-electron chi connectivity index (χ4n) is 1.26. The highest BCUT2D eigenvalue weighted by Crippen LogP contribution is 2.17. The van der Waals surface area contributed by atoms with Gasteiger partial charge in [0.15, 0.2) is 10.9 Å². The molecule has 0 aliphatic heterocycles. The molecule has 0 spiro atoms. The zero-order valence-electron chi connectivity index (χ0n) is 8.61. The summed E-state index contributed by atoms with van der Waals surface area (Å²) in [5, 5.41) is 4.06. The van der Waals surface area contributed by atoms with Gasteiger partial charge in [0, 0.05) is 0 Å². The third-order valence-electron chi connectivity index (χ3n) is 1.88. The summed E-state index contributed by atoms with van der Waals surface area (Å²) in [6.07, 6.45) is 0. The lowest BCUT2D eigenvalue weighted by molar-refractivity contribution is 0.616. The SMILES string of the molecule is N[SH](=O)=O.c1ccc(-c2ccccc2)cc1. The van der Waals surface area contributed by atoms with Crippen molar-refractivity contribution in [3.05, 3.63) is 60.7 Å². The maximum absolute atomic E-state index is 8.81. The molecule has 0 saturated heterocycles. The molecule has 0 radical (unpaired) electrons. The van der Waals surface area contributed by atoms with Gasteiger partial charge in [0.1, 0.15) is 0 Å². The van der Waals surface area contributed by atoms with Crippen LogP contribution in [0.4, 0.5) is 0 Å². The highest BCUT2D eigenvalue weighted by Gasteiger charge is 1.91. The van der Waals surface area contributed by atoms with Crippen LogP contribution in [-0.2, 0) is 10.9 Å². The van der Waals surface area contributed by atoms with Gasteiger partial charge in [-0.1, -0.05) is 60.7 Å². The second-order valence-electron chi connectivity index (χ2n) is 3.02. The Morgan fingerprint density at radius 3 is 1.19 bits per heavy atom. The molecule has 2 rings (SSSR count). The Kier molecular flexibility index (Phi) is 5.25. The molecule has 0 fully saturated rings. The number of hydrogen-bond donors (Lipinski definition) is 2. The molecule has 2 aromatic carbocycles. The van der Waals surface area contributed by atoms with Gasteiger partial charge >= 0.3 is 0 Å². The second kappa shape index (κ2) is 6.76. The van der Waals surface area contributed by atoms with E-state index in [1.807, 2.05) is 12.1 Å². The second-order valence-corrected chi connectivity index (χ2v) is 3.59. The van der Waals surface area contributed by atoms with Gasteiger partial charge in [0.25, 0.3) is 0 Å². The van der Waals surface area contributed by atoms with Crippen LogP contribution >= 0.6 is 0 Å². The van der Waals surface area contributed by atoms with Crippen LogP contribution in [0.1, 0.15) is 0 Å². The summed E-state index contributed by atoms with van der Waals surface area (Å²) in [5.41, 5.74) is 2.55. The summed E-state index contributed by atoms with van der Waals surface area (Å²) in [7, 11) is -2.62. The molecule has 0 atom stereocenters. The maximum atomic E-state index is 8.81. The van der Waals surface area contributed by atoms with Crippen LogP contribution < -0.4 is 5.14 Å². The standard InChI is InChI=1S/C12H10.H3NO2S/c1-3-7-11(8-4-1)12-9-5-2-6-10-12;1-4(2)3/h1-10H;4H,(H2,1,2,3). The van der Waals surface area contributed by atoms with Crippen LogP contribution in [0.3, 0.4) is 0 Å². The molecule has 0 saturated carbocycles. The summed E-state index contributed by atoms with van der Waals surface area (Å²) in [4.78, 5) is 0. The van der Waals surface area contributed by atoms with Crippen molar-refractivity contribution >= 4 is 10.9 Å². The highest BCUT2D eigenvalue weighted by atomic mass is 32.2. The molecule has 84 valence electrons. The molecule has 3 nitrogen and oxygen atoms in total. The molecule has 0 amide bonds. The number of thiol groups is 1. The van der Waals surface area contributed by atoms with E-state index in [0.29, 0.717) is 0 Å². The lowest BCUT2D eigenvalue weighted by atomic mass is 10.1. The minimum atomic E-state index is -2.62. The van der Waals surface area contributed by atoms with E-state index in [-0.39, 0.29) is 0 Å². The third-order valence-corrected chi connectivity index (χ3v) is 1.88. The number of hydrogen-bond acceptors (Lipinski definition) is 2. The molecule has 0 unspecified atom stereocenters. The van der Waals surface area contributed by atoms with Crippen molar-refractivity contribution in [3.8, 4) is 11.1 Å². The number of rotatable bonds is 1. The molecular weight excluding hydrogens is 222 g/mol. The largest absolute Gasteiger partial charge is 0.231 e. The van der Waals surface area contributed by atoms with Crippen LogP contribution in [0.5, 0.6) is 0 Å². The fraction of sp³-hybridized carbons (Fsp3) is 0. The predicted molar refractivity (Wildman–Crippen MR) is 66.4 cm³/mol. The first kappa shape index (κ1) is 12.4. The first-order valence-corrected chi connectivity index (χ1v) is 5.94. The Balaban J connectivity index is 0.000000280. The Morgan fingerprint density at radius 2 is 0.938 bits per heavy atom. The van der Waals surface area contributed by atoms with E-state index < -0.39 is 10.9 Å². The normalized spacial score (nSPS) is 9.38. The van der Waals surface area contributed by atoms with Crippen LogP contribution in [0.2, 0.25) is 0 Å². The van der Waals surface area contributed by atoms with E-state index in [9.17, 15) is 0 Å². The minimum Gasteiger partial charge on any atom is -0.231 e. The maximum Gasteiger partial charge on any atom is 0.198 e. The van der Waals surface area contributed by atoms with Gasteiger partial charge in [0.2, 0.25) is 0 Å². The zero-order valence-corrected chi connectivity index (χ0v) is 9.51. The van der Waals surface area contributed by atoms with Crippen molar-refractivity contribution in [2.75, 3.05) is 0 Å². The van der Waals surface area contributed by atoms with Crippen molar-refractivity contribution < 1.29 is 8.42 Å². The van der Waals surface area contributed by atoms with Crippen molar-refractivity contribution in [3.63, 3.8) is 0 Å². The molecule has 0 aromatic heterocycles. The molecular formula is C12H13NO2S. The van der Waals surface area contributed by atoms with Gasteiger partial charge < -0.3 is 0 Å². The predicted octanol–water partition coefficient (Wildman–Crippen LogP) is 1.83. The fourth-order valence-corrected chi connectivity index (χ4v) is 1.26. The molecule has 4 heteroatoms. The average molecular weight is 235 g/mol. The molecule has 0 aliphatic rings. The molecule has 0 heterocycles. The Bertz CT molecular complexity index is 435. The van der Waals surface area contributed by atoms with E-state index in [2.05, 4.69) is 53.7 Å². The Morgan fingerprint density at radius 1 is 0.688 bits per heavy atom. The average Bonchev–Trinajstić information content (AvgIpc) is 2.31. The smallest absolute Gasteiger partial charge is 0.198 e. The highest BCUT2D eigenvalue weighted by molar-refractivity contribution is 7.69. The quantitative estimate of drug-likeness (QED) is 0.741. The van der Waals surface area contributed by atoms with Gasteiger partial charge in [-0.2, -0.15) is 0 Å². The topological polar surface area (TPSA) is 60.2 Å². The lowest BCUT2D eigenvalue weighted by Gasteiger charge is -1.98. The van der Waals surface area contributed by atoms with Crippen molar-refractivity contribution in [2.24, 2.45) is 5.14 Å². The van der Waals surface area contributed by atoms with Crippen LogP contribution in [-0.4, -0.2) is 8.42 Å². The van der Waals surface area contributed by atoms with E-state index in [1.165, 1.54) is 11.1 Å². The summed E-state index contributed by atoms with van der Waals surface area (Å²) >= 11 is 0. The summed E-state index contributed by atoms with van der Waals surface area (Å²) < 4.78 is 17.6. The monoisotopic (exact) mass is 235 g/mol. The van der Waals surface area contributed by atoms with Gasteiger partial charge in [-0.15, -0.1) is 0 Å². The minimum absolute atomic E-state index is 1.28. The third kappa shape index (κ3) is 4.72. The first-order chi connectivity index (χ1) is 7.70. The molecule has 2 aromatic rings. The van der Waals surface area contributed by atoms with Gasteiger partial charge in [0.05, 0.1) is 0 Å². The number of benzene rings is 2. The van der Waals surface area contributed by atoms with Crippen LogP contribution in [0.25, 0.3) is 11.1 Å². The van der Waals surface area contributed by atoms with Crippen LogP contribution in [0.15, 0.2) is 60.7 Å². The van der Waals surface area contributed by atoms with E-state index in [1.54, 1.807) is 0 Å². The van der Waals surface area contributed by atoms with Crippen molar-refractivity contribution in [1.29, 1.82) is 0 Å². The summed E-state index contributed by atoms with van der Waals surface area (Å²) in [5.74, 6) is 0. The molecule has 0 bridgehead atoms. The number of nitrogens with two attached hydrogens (primary N) is 1. The van der Waals surface area contributed by atoms with E-state index >= 15 is 0 Å². The Labute approximate surface area is 96.6 Å². The van der Waals surface area contributed by atoms with E-state index in [4.69, 9.17) is 8.42 Å². The van der Waals surface area contributed by atoms with Crippen molar-refractivity contribution in [1.82, 2.24) is 0 Å². The first-order valence-electron chi connectivity index (χ1n) is 4.69. The van der Waals surface area contributed by atoms with Crippen molar-refractivity contribution in [2.45, 2.75) is 0 Å². The van der Waals surface area contributed by atoms with E-state index in [0.717, 1.165) is 0 Å². The van der Waals surface area contributed by atoms with Crippen LogP contribution in [0, 0.1) is 0 Å². The lowest BCUT2D eigenvalue weighted by Crippen LogP contribution is -1.85. The van der Waals surface area contributed by atoms with Gasteiger partial charge in [-0.25, -0.2) is 13.6 Å². The van der Waals surface area contributed by atoms with Gasteiger partial charge in [-0.05, 0) is 11.1 Å². The molecule has 2 N–H and O–H groups in total. The zero-order chi connectivity index (χ0) is 11.8. The Hall–Kier alpha value is -1.65. The summed E-state index contributed by atoms with van der Waals surface area (Å²) in [6, 6.07) is 20.8.